The highest BCUT2D eigenvalue weighted by atomic mass is 32.1. The first-order chi connectivity index (χ1) is 13.2. The van der Waals surface area contributed by atoms with E-state index in [4.69, 9.17) is 0 Å². The lowest BCUT2D eigenvalue weighted by Crippen LogP contribution is -2.58. The Morgan fingerprint density at radius 2 is 1.96 bits per heavy atom. The average Bonchev–Trinajstić information content (AvgIpc) is 3.31. The topological polar surface area (TPSA) is 58.0 Å². The van der Waals surface area contributed by atoms with Crippen molar-refractivity contribution in [3.8, 4) is 0 Å². The van der Waals surface area contributed by atoms with Crippen LogP contribution in [-0.2, 0) is 6.42 Å². The molecule has 0 N–H and O–H groups in total. The lowest BCUT2D eigenvalue weighted by Gasteiger charge is -2.50. The van der Waals surface area contributed by atoms with Gasteiger partial charge in [0.1, 0.15) is 23.3 Å². The fourth-order valence-corrected chi connectivity index (χ4v) is 5.45. The summed E-state index contributed by atoms with van der Waals surface area (Å²) in [5, 5.41) is 1.22. The molecule has 0 radical (unpaired) electrons. The summed E-state index contributed by atoms with van der Waals surface area (Å²) in [5.74, 6) is 1.12. The van der Waals surface area contributed by atoms with Crippen LogP contribution in [0.25, 0.3) is 10.2 Å². The zero-order valence-electron chi connectivity index (χ0n) is 15.8. The molecule has 7 heteroatoms. The van der Waals surface area contributed by atoms with Gasteiger partial charge < -0.3 is 4.90 Å². The Morgan fingerprint density at radius 3 is 2.74 bits per heavy atom. The summed E-state index contributed by atoms with van der Waals surface area (Å²) in [5.41, 5.74) is 1.59. The van der Waals surface area contributed by atoms with Gasteiger partial charge in [-0.1, -0.05) is 6.92 Å². The summed E-state index contributed by atoms with van der Waals surface area (Å²) in [6.07, 6.45) is 9.48. The SMILES string of the molecule is CCc1cc2c(N3CCC4(C3)CN(C(C)c3cncnc3)C4)ncnc2s1. The maximum absolute atomic E-state index is 4.65. The monoisotopic (exact) mass is 380 g/mol. The number of fused-ring (bicyclic) bond motifs is 1. The summed E-state index contributed by atoms with van der Waals surface area (Å²) in [7, 11) is 0. The van der Waals surface area contributed by atoms with Gasteiger partial charge >= 0.3 is 0 Å². The molecule has 0 aliphatic carbocycles. The van der Waals surface area contributed by atoms with Crippen molar-refractivity contribution in [1.29, 1.82) is 0 Å². The van der Waals surface area contributed by atoms with E-state index in [1.165, 1.54) is 22.2 Å². The van der Waals surface area contributed by atoms with Crippen LogP contribution in [0.2, 0.25) is 0 Å². The molecule has 5 heterocycles. The van der Waals surface area contributed by atoms with E-state index in [9.17, 15) is 0 Å². The molecule has 3 aromatic rings. The highest BCUT2D eigenvalue weighted by Gasteiger charge is 2.49. The number of nitrogens with zero attached hydrogens (tertiary/aromatic N) is 6. The predicted molar refractivity (Wildman–Crippen MR) is 108 cm³/mol. The van der Waals surface area contributed by atoms with Crippen molar-refractivity contribution in [3.63, 3.8) is 0 Å². The molecule has 0 saturated carbocycles. The second-order valence-corrected chi connectivity index (χ2v) is 9.02. The number of aromatic nitrogens is 4. The van der Waals surface area contributed by atoms with Gasteiger partial charge in [-0.3, -0.25) is 4.90 Å². The van der Waals surface area contributed by atoms with Crippen molar-refractivity contribution in [2.24, 2.45) is 5.41 Å². The average molecular weight is 381 g/mol. The first kappa shape index (κ1) is 17.0. The molecule has 1 unspecified atom stereocenters. The molecule has 3 aromatic heterocycles. The Hall–Kier alpha value is -2.12. The number of hydrogen-bond acceptors (Lipinski definition) is 7. The summed E-state index contributed by atoms with van der Waals surface area (Å²) in [6, 6.07) is 2.66. The molecule has 5 rings (SSSR count). The van der Waals surface area contributed by atoms with E-state index in [-0.39, 0.29) is 0 Å². The van der Waals surface area contributed by atoms with Gasteiger partial charge in [0.25, 0.3) is 0 Å². The van der Waals surface area contributed by atoms with Gasteiger partial charge in [0.05, 0.1) is 5.39 Å². The van der Waals surface area contributed by atoms with Crippen molar-refractivity contribution < 1.29 is 0 Å². The quantitative estimate of drug-likeness (QED) is 0.692. The molecule has 27 heavy (non-hydrogen) atoms. The highest BCUT2D eigenvalue weighted by Crippen LogP contribution is 2.45. The molecule has 6 nitrogen and oxygen atoms in total. The van der Waals surface area contributed by atoms with E-state index < -0.39 is 0 Å². The van der Waals surface area contributed by atoms with Crippen LogP contribution in [0.5, 0.6) is 0 Å². The lowest BCUT2D eigenvalue weighted by atomic mass is 9.78. The molecule has 0 aromatic carbocycles. The van der Waals surface area contributed by atoms with Gasteiger partial charge in [0, 0.05) is 60.5 Å². The minimum Gasteiger partial charge on any atom is -0.355 e. The van der Waals surface area contributed by atoms with Crippen molar-refractivity contribution in [2.75, 3.05) is 31.1 Å². The zero-order chi connectivity index (χ0) is 18.4. The maximum atomic E-state index is 4.65. The van der Waals surface area contributed by atoms with E-state index in [2.05, 4.69) is 49.6 Å². The van der Waals surface area contributed by atoms with Gasteiger partial charge in [0.15, 0.2) is 0 Å². The second kappa shape index (κ2) is 6.49. The van der Waals surface area contributed by atoms with Crippen LogP contribution in [-0.4, -0.2) is 51.0 Å². The molecule has 2 saturated heterocycles. The van der Waals surface area contributed by atoms with Crippen LogP contribution in [0, 0.1) is 5.41 Å². The minimum absolute atomic E-state index is 0.376. The summed E-state index contributed by atoms with van der Waals surface area (Å²) < 4.78 is 0. The molecule has 1 atom stereocenters. The van der Waals surface area contributed by atoms with Crippen molar-refractivity contribution in [3.05, 3.63) is 41.6 Å². The maximum Gasteiger partial charge on any atom is 0.140 e. The molecule has 2 aliphatic heterocycles. The second-order valence-electron chi connectivity index (χ2n) is 7.91. The van der Waals surface area contributed by atoms with Crippen LogP contribution in [0.3, 0.4) is 0 Å². The molecule has 140 valence electrons. The first-order valence-electron chi connectivity index (χ1n) is 9.65. The predicted octanol–water partition coefficient (Wildman–Crippen LogP) is 3.32. The van der Waals surface area contributed by atoms with E-state index >= 15 is 0 Å². The van der Waals surface area contributed by atoms with Gasteiger partial charge in [-0.25, -0.2) is 19.9 Å². The number of anilines is 1. The Morgan fingerprint density at radius 1 is 1.15 bits per heavy atom. The third kappa shape index (κ3) is 2.89. The van der Waals surface area contributed by atoms with Crippen molar-refractivity contribution in [1.82, 2.24) is 24.8 Å². The molecular weight excluding hydrogens is 356 g/mol. The van der Waals surface area contributed by atoms with Crippen LogP contribution in [0.15, 0.2) is 31.1 Å². The number of thiophene rings is 1. The third-order valence-corrected chi connectivity index (χ3v) is 7.32. The Bertz CT molecular complexity index is 950. The van der Waals surface area contributed by atoms with Crippen LogP contribution < -0.4 is 4.90 Å². The van der Waals surface area contributed by atoms with Crippen molar-refractivity contribution in [2.45, 2.75) is 32.7 Å². The van der Waals surface area contributed by atoms with E-state index in [1.54, 1.807) is 24.0 Å². The standard InChI is InChI=1S/C20H24N6S/c1-3-16-6-17-18(23-13-24-19(17)27-16)25-5-4-20(9-25)10-26(11-20)14(2)15-7-21-12-22-8-15/h6-8,12-14H,3-5,9-11H2,1-2H3. The highest BCUT2D eigenvalue weighted by molar-refractivity contribution is 7.18. The van der Waals surface area contributed by atoms with Gasteiger partial charge in [0.2, 0.25) is 0 Å². The molecular formula is C20H24N6S. The molecule has 2 aliphatic rings. The Labute approximate surface area is 163 Å². The largest absolute Gasteiger partial charge is 0.355 e. The minimum atomic E-state index is 0.376. The summed E-state index contributed by atoms with van der Waals surface area (Å²) in [6.45, 7) is 8.90. The van der Waals surface area contributed by atoms with E-state index in [1.807, 2.05) is 12.4 Å². The number of likely N-dealkylation sites (tertiary alicyclic amines) is 1. The fraction of sp³-hybridized carbons (Fsp3) is 0.500. The summed E-state index contributed by atoms with van der Waals surface area (Å²) >= 11 is 1.79. The molecule has 0 bridgehead atoms. The number of hydrogen-bond donors (Lipinski definition) is 0. The smallest absolute Gasteiger partial charge is 0.140 e. The Balaban J connectivity index is 1.31. The normalized spacial score (nSPS) is 20.3. The fourth-order valence-electron chi connectivity index (χ4n) is 4.52. The van der Waals surface area contributed by atoms with Crippen molar-refractivity contribution >= 4 is 27.4 Å². The number of aryl methyl sites for hydroxylation is 1. The Kier molecular flexibility index (Phi) is 4.09. The van der Waals surface area contributed by atoms with Gasteiger partial charge in [-0.15, -0.1) is 11.3 Å². The number of rotatable bonds is 4. The summed E-state index contributed by atoms with van der Waals surface area (Å²) in [4.78, 5) is 25.0. The van der Waals surface area contributed by atoms with Crippen LogP contribution >= 0.6 is 11.3 Å². The van der Waals surface area contributed by atoms with E-state index in [0.717, 1.165) is 43.2 Å². The van der Waals surface area contributed by atoms with Crippen LogP contribution in [0.1, 0.15) is 36.8 Å². The molecule has 0 amide bonds. The van der Waals surface area contributed by atoms with Gasteiger partial charge in [-0.05, 0) is 25.8 Å². The van der Waals surface area contributed by atoms with E-state index in [0.29, 0.717) is 11.5 Å². The zero-order valence-corrected chi connectivity index (χ0v) is 16.6. The third-order valence-electron chi connectivity index (χ3n) is 6.13. The lowest BCUT2D eigenvalue weighted by molar-refractivity contribution is -0.0122. The van der Waals surface area contributed by atoms with Crippen LogP contribution in [0.4, 0.5) is 5.82 Å². The van der Waals surface area contributed by atoms with Gasteiger partial charge in [-0.2, -0.15) is 0 Å². The molecule has 1 spiro atoms. The first-order valence-corrected chi connectivity index (χ1v) is 10.5. The molecule has 2 fully saturated rings.